The lowest BCUT2D eigenvalue weighted by molar-refractivity contribution is 0.159. The number of carbonyl (C=O) groups is 1. The molecular formula is C20H33N3O2. The maximum atomic E-state index is 11.8. The maximum absolute atomic E-state index is 11.8. The molecule has 1 aliphatic rings. The van der Waals surface area contributed by atoms with Crippen LogP contribution in [0.25, 0.3) is 0 Å². The predicted octanol–water partition coefficient (Wildman–Crippen LogP) is 3.33. The number of carbonyl (C=O) groups excluding carboxylic acids is 1. The van der Waals surface area contributed by atoms with Crippen molar-refractivity contribution in [3.63, 3.8) is 0 Å². The van der Waals surface area contributed by atoms with Gasteiger partial charge in [0.15, 0.2) is 0 Å². The van der Waals surface area contributed by atoms with Gasteiger partial charge in [-0.1, -0.05) is 24.1 Å². The fraction of sp³-hybridized carbons (Fsp3) is 0.650. The highest BCUT2D eigenvalue weighted by molar-refractivity contribution is 5.73. The lowest BCUT2D eigenvalue weighted by Gasteiger charge is -2.33. The molecule has 25 heavy (non-hydrogen) atoms. The standard InChI is InChI=1S/C20H33N3O2/c1-17-8-10-19(11-9-17)25-16-6-13-22-20(24)21-12-5-15-23-14-4-3-7-18(23)2/h8-11,18H,3-7,12-16H2,1-2H3,(H2,21,22,24). The number of urea groups is 1. The predicted molar refractivity (Wildman–Crippen MR) is 102 cm³/mol. The number of likely N-dealkylation sites (tertiary alicyclic amines) is 1. The molecule has 1 atom stereocenters. The van der Waals surface area contributed by atoms with Crippen LogP contribution in [-0.2, 0) is 0 Å². The molecule has 1 aliphatic heterocycles. The van der Waals surface area contributed by atoms with Crippen molar-refractivity contribution in [2.75, 3.05) is 32.8 Å². The van der Waals surface area contributed by atoms with Gasteiger partial charge in [-0.25, -0.2) is 4.79 Å². The summed E-state index contributed by atoms with van der Waals surface area (Å²) in [6.45, 7) is 8.60. The van der Waals surface area contributed by atoms with Crippen LogP contribution in [0.2, 0.25) is 0 Å². The summed E-state index contributed by atoms with van der Waals surface area (Å²) in [5, 5.41) is 5.82. The van der Waals surface area contributed by atoms with Gasteiger partial charge in [0.05, 0.1) is 6.61 Å². The smallest absolute Gasteiger partial charge is 0.314 e. The van der Waals surface area contributed by atoms with Crippen LogP contribution >= 0.6 is 0 Å². The number of hydrogen-bond donors (Lipinski definition) is 2. The fourth-order valence-corrected chi connectivity index (χ4v) is 3.13. The second kappa shape index (κ2) is 11.0. The van der Waals surface area contributed by atoms with E-state index in [0.717, 1.165) is 31.7 Å². The summed E-state index contributed by atoms with van der Waals surface area (Å²) in [5.74, 6) is 0.877. The second-order valence-electron chi connectivity index (χ2n) is 6.93. The van der Waals surface area contributed by atoms with Crippen LogP contribution in [0.4, 0.5) is 4.79 Å². The van der Waals surface area contributed by atoms with E-state index in [4.69, 9.17) is 4.74 Å². The number of piperidine rings is 1. The quantitative estimate of drug-likeness (QED) is 0.674. The highest BCUT2D eigenvalue weighted by Crippen LogP contribution is 2.16. The number of rotatable bonds is 9. The van der Waals surface area contributed by atoms with Gasteiger partial charge >= 0.3 is 6.03 Å². The molecule has 5 heteroatoms. The molecule has 2 N–H and O–H groups in total. The fourth-order valence-electron chi connectivity index (χ4n) is 3.13. The van der Waals surface area contributed by atoms with E-state index in [1.165, 1.54) is 31.4 Å². The Bertz CT molecular complexity index is 504. The molecular weight excluding hydrogens is 314 g/mol. The van der Waals surface area contributed by atoms with Crippen molar-refractivity contribution >= 4 is 6.03 Å². The van der Waals surface area contributed by atoms with Crippen molar-refractivity contribution in [1.29, 1.82) is 0 Å². The SMILES string of the molecule is Cc1ccc(OCCCNC(=O)NCCCN2CCCCC2C)cc1. The minimum atomic E-state index is -0.0815. The first-order valence-corrected chi connectivity index (χ1v) is 9.60. The van der Waals surface area contributed by atoms with Crippen molar-refractivity contribution in [3.8, 4) is 5.75 Å². The summed E-state index contributed by atoms with van der Waals surface area (Å²) >= 11 is 0. The number of nitrogens with zero attached hydrogens (tertiary/aromatic N) is 1. The minimum Gasteiger partial charge on any atom is -0.494 e. The lowest BCUT2D eigenvalue weighted by Crippen LogP contribution is -2.41. The van der Waals surface area contributed by atoms with E-state index in [-0.39, 0.29) is 6.03 Å². The first kappa shape index (κ1) is 19.6. The Balaban J connectivity index is 1.45. The molecule has 5 nitrogen and oxygen atoms in total. The second-order valence-corrected chi connectivity index (χ2v) is 6.93. The van der Waals surface area contributed by atoms with Gasteiger partial charge in [-0.05, 0) is 58.2 Å². The normalized spacial score (nSPS) is 17.9. The van der Waals surface area contributed by atoms with Crippen LogP contribution in [0.15, 0.2) is 24.3 Å². The number of hydrogen-bond acceptors (Lipinski definition) is 3. The third-order valence-corrected chi connectivity index (χ3v) is 4.74. The molecule has 0 spiro atoms. The van der Waals surface area contributed by atoms with E-state index in [9.17, 15) is 4.79 Å². The molecule has 2 amide bonds. The zero-order valence-electron chi connectivity index (χ0n) is 15.7. The molecule has 0 radical (unpaired) electrons. The first-order valence-electron chi connectivity index (χ1n) is 9.60. The summed E-state index contributed by atoms with van der Waals surface area (Å²) in [4.78, 5) is 14.3. The van der Waals surface area contributed by atoms with Gasteiger partial charge in [0.25, 0.3) is 0 Å². The van der Waals surface area contributed by atoms with Crippen molar-refractivity contribution in [2.24, 2.45) is 0 Å². The van der Waals surface area contributed by atoms with Crippen molar-refractivity contribution in [2.45, 2.75) is 52.0 Å². The van der Waals surface area contributed by atoms with E-state index in [0.29, 0.717) is 19.2 Å². The van der Waals surface area contributed by atoms with Gasteiger partial charge in [-0.15, -0.1) is 0 Å². The molecule has 1 aromatic rings. The van der Waals surface area contributed by atoms with Gasteiger partial charge in [-0.3, -0.25) is 0 Å². The van der Waals surface area contributed by atoms with Crippen LogP contribution in [0.5, 0.6) is 5.75 Å². The molecule has 0 aliphatic carbocycles. The Morgan fingerprint density at radius 1 is 1.16 bits per heavy atom. The highest BCUT2D eigenvalue weighted by Gasteiger charge is 2.17. The van der Waals surface area contributed by atoms with E-state index in [2.05, 4.69) is 29.4 Å². The van der Waals surface area contributed by atoms with Crippen LogP contribution in [0.3, 0.4) is 0 Å². The average Bonchev–Trinajstić information content (AvgIpc) is 2.61. The highest BCUT2D eigenvalue weighted by atomic mass is 16.5. The summed E-state index contributed by atoms with van der Waals surface area (Å²) < 4.78 is 5.64. The Hall–Kier alpha value is -1.75. The number of ether oxygens (including phenoxy) is 1. The Labute approximate surface area is 152 Å². The van der Waals surface area contributed by atoms with Crippen LogP contribution in [0.1, 0.15) is 44.6 Å². The van der Waals surface area contributed by atoms with Crippen molar-refractivity contribution < 1.29 is 9.53 Å². The Morgan fingerprint density at radius 2 is 1.88 bits per heavy atom. The average molecular weight is 348 g/mol. The molecule has 1 heterocycles. The molecule has 1 saturated heterocycles. The molecule has 0 bridgehead atoms. The number of amides is 2. The summed E-state index contributed by atoms with van der Waals surface area (Å²) in [6.07, 6.45) is 5.77. The summed E-state index contributed by atoms with van der Waals surface area (Å²) in [6, 6.07) is 8.62. The van der Waals surface area contributed by atoms with E-state index in [1.807, 2.05) is 24.3 Å². The van der Waals surface area contributed by atoms with Gasteiger partial charge in [-0.2, -0.15) is 0 Å². The molecule has 0 aromatic heterocycles. The van der Waals surface area contributed by atoms with Gasteiger partial charge in [0.2, 0.25) is 0 Å². The Morgan fingerprint density at radius 3 is 2.60 bits per heavy atom. The topological polar surface area (TPSA) is 53.6 Å². The van der Waals surface area contributed by atoms with Gasteiger partial charge in [0.1, 0.15) is 5.75 Å². The minimum absolute atomic E-state index is 0.0815. The lowest BCUT2D eigenvalue weighted by atomic mass is 10.0. The molecule has 1 aromatic carbocycles. The number of aryl methyl sites for hydroxylation is 1. The molecule has 1 fully saturated rings. The van der Waals surface area contributed by atoms with E-state index < -0.39 is 0 Å². The third kappa shape index (κ3) is 7.78. The largest absolute Gasteiger partial charge is 0.494 e. The zero-order chi connectivity index (χ0) is 17.9. The number of benzene rings is 1. The molecule has 0 saturated carbocycles. The van der Waals surface area contributed by atoms with Gasteiger partial charge in [0, 0.05) is 25.7 Å². The Kier molecular flexibility index (Phi) is 8.60. The van der Waals surface area contributed by atoms with E-state index in [1.54, 1.807) is 0 Å². The number of nitrogens with one attached hydrogen (secondary N) is 2. The third-order valence-electron chi connectivity index (χ3n) is 4.74. The van der Waals surface area contributed by atoms with Crippen LogP contribution in [-0.4, -0.2) is 49.8 Å². The molecule has 2 rings (SSSR count). The van der Waals surface area contributed by atoms with Crippen LogP contribution < -0.4 is 15.4 Å². The summed E-state index contributed by atoms with van der Waals surface area (Å²) in [7, 11) is 0. The maximum Gasteiger partial charge on any atom is 0.314 e. The van der Waals surface area contributed by atoms with E-state index >= 15 is 0 Å². The van der Waals surface area contributed by atoms with Crippen molar-refractivity contribution in [3.05, 3.63) is 29.8 Å². The van der Waals surface area contributed by atoms with Crippen molar-refractivity contribution in [1.82, 2.24) is 15.5 Å². The van der Waals surface area contributed by atoms with Gasteiger partial charge < -0.3 is 20.3 Å². The summed E-state index contributed by atoms with van der Waals surface area (Å²) in [5.41, 5.74) is 1.22. The monoisotopic (exact) mass is 347 g/mol. The zero-order valence-corrected chi connectivity index (χ0v) is 15.7. The first-order chi connectivity index (χ1) is 12.1. The molecule has 1 unspecified atom stereocenters. The van der Waals surface area contributed by atoms with Crippen LogP contribution in [0, 0.1) is 6.92 Å². The molecule has 140 valence electrons.